The fourth-order valence-electron chi connectivity index (χ4n) is 3.76. The van der Waals surface area contributed by atoms with E-state index in [1.807, 2.05) is 35.4 Å². The summed E-state index contributed by atoms with van der Waals surface area (Å²) in [5, 5.41) is 3.45. The van der Waals surface area contributed by atoms with Crippen molar-refractivity contribution in [3.05, 3.63) is 51.6 Å². The maximum absolute atomic E-state index is 13.0. The van der Waals surface area contributed by atoms with Crippen molar-refractivity contribution in [1.82, 2.24) is 9.88 Å². The SMILES string of the molecule is Cc1ccc(-c2nc(C(=O)N3CCCC4CCCC=C43)cs2)cc1Cl. The van der Waals surface area contributed by atoms with Crippen LogP contribution >= 0.6 is 22.9 Å². The molecular weight excluding hydrogens is 352 g/mol. The molecule has 1 fully saturated rings. The molecule has 1 unspecified atom stereocenters. The van der Waals surface area contributed by atoms with E-state index >= 15 is 0 Å². The zero-order valence-corrected chi connectivity index (χ0v) is 15.9. The highest BCUT2D eigenvalue weighted by molar-refractivity contribution is 7.13. The molecule has 5 heteroatoms. The standard InChI is InChI=1S/C20H21ClN2OS/c1-13-8-9-15(11-16(13)21)19-22-17(12-25-19)20(24)23-10-4-6-14-5-2-3-7-18(14)23/h7-9,11-12,14H,2-6,10H2,1H3. The molecular formula is C20H21ClN2OS. The Kier molecular flexibility index (Phi) is 4.65. The summed E-state index contributed by atoms with van der Waals surface area (Å²) in [7, 11) is 0. The molecule has 130 valence electrons. The fourth-order valence-corrected chi connectivity index (χ4v) is 4.74. The summed E-state index contributed by atoms with van der Waals surface area (Å²) in [6, 6.07) is 5.92. The molecule has 1 aromatic heterocycles. The minimum atomic E-state index is 0.0403. The Morgan fingerprint density at radius 2 is 2.16 bits per heavy atom. The van der Waals surface area contributed by atoms with Crippen molar-refractivity contribution < 1.29 is 4.79 Å². The fraction of sp³-hybridized carbons (Fsp3) is 0.400. The van der Waals surface area contributed by atoms with Gasteiger partial charge in [-0.25, -0.2) is 4.98 Å². The summed E-state index contributed by atoms with van der Waals surface area (Å²) in [4.78, 5) is 19.6. The normalized spacial score (nSPS) is 20.2. The van der Waals surface area contributed by atoms with Gasteiger partial charge in [0, 0.05) is 28.2 Å². The van der Waals surface area contributed by atoms with Gasteiger partial charge in [0.25, 0.3) is 5.91 Å². The van der Waals surface area contributed by atoms with E-state index in [1.54, 1.807) is 0 Å². The van der Waals surface area contributed by atoms with Crippen molar-refractivity contribution in [3.63, 3.8) is 0 Å². The van der Waals surface area contributed by atoms with Crippen molar-refractivity contribution >= 4 is 28.8 Å². The first-order chi connectivity index (χ1) is 12.1. The van der Waals surface area contributed by atoms with Crippen LogP contribution in [0.3, 0.4) is 0 Å². The minimum Gasteiger partial charge on any atom is -0.311 e. The molecule has 1 atom stereocenters. The predicted molar refractivity (Wildman–Crippen MR) is 103 cm³/mol. The van der Waals surface area contributed by atoms with Gasteiger partial charge in [-0.3, -0.25) is 4.79 Å². The monoisotopic (exact) mass is 372 g/mol. The van der Waals surface area contributed by atoms with Gasteiger partial charge < -0.3 is 4.90 Å². The van der Waals surface area contributed by atoms with Crippen LogP contribution in [0.4, 0.5) is 0 Å². The summed E-state index contributed by atoms with van der Waals surface area (Å²) < 4.78 is 0. The van der Waals surface area contributed by atoms with Crippen LogP contribution in [0.5, 0.6) is 0 Å². The number of carbonyl (C=O) groups is 1. The van der Waals surface area contributed by atoms with Crippen LogP contribution in [-0.4, -0.2) is 22.3 Å². The van der Waals surface area contributed by atoms with Crippen LogP contribution in [0.1, 0.15) is 48.2 Å². The smallest absolute Gasteiger partial charge is 0.277 e. The van der Waals surface area contributed by atoms with Crippen molar-refractivity contribution in [1.29, 1.82) is 0 Å². The van der Waals surface area contributed by atoms with Gasteiger partial charge in [-0.15, -0.1) is 11.3 Å². The number of hydrogen-bond acceptors (Lipinski definition) is 3. The second-order valence-corrected chi connectivity index (χ2v) is 8.12. The molecule has 1 aliphatic heterocycles. The third kappa shape index (κ3) is 3.25. The predicted octanol–water partition coefficient (Wildman–Crippen LogP) is 5.69. The number of hydrogen-bond donors (Lipinski definition) is 0. The maximum Gasteiger partial charge on any atom is 0.277 e. The first-order valence-corrected chi connectivity index (χ1v) is 10.1. The van der Waals surface area contributed by atoms with Crippen LogP contribution in [0.25, 0.3) is 10.6 Å². The average Bonchev–Trinajstić information content (AvgIpc) is 3.13. The number of piperidine rings is 1. The third-order valence-corrected chi connectivity index (χ3v) is 6.46. The number of aryl methyl sites for hydroxylation is 1. The van der Waals surface area contributed by atoms with Crippen molar-refractivity contribution in [2.24, 2.45) is 5.92 Å². The molecule has 0 radical (unpaired) electrons. The highest BCUT2D eigenvalue weighted by Gasteiger charge is 2.31. The molecule has 1 saturated heterocycles. The summed E-state index contributed by atoms with van der Waals surface area (Å²) in [6.07, 6.45) is 8.08. The number of likely N-dealkylation sites (tertiary alicyclic amines) is 1. The van der Waals surface area contributed by atoms with Gasteiger partial charge >= 0.3 is 0 Å². The van der Waals surface area contributed by atoms with Crippen LogP contribution < -0.4 is 0 Å². The molecule has 2 aliphatic rings. The molecule has 1 amide bonds. The quantitative estimate of drug-likeness (QED) is 0.678. The molecule has 2 aromatic rings. The molecule has 1 aromatic carbocycles. The largest absolute Gasteiger partial charge is 0.311 e. The maximum atomic E-state index is 13.0. The van der Waals surface area contributed by atoms with E-state index < -0.39 is 0 Å². The molecule has 3 nitrogen and oxygen atoms in total. The van der Waals surface area contributed by atoms with E-state index in [-0.39, 0.29) is 5.91 Å². The molecule has 4 rings (SSSR count). The molecule has 0 saturated carbocycles. The summed E-state index contributed by atoms with van der Waals surface area (Å²) in [5.41, 5.74) is 3.79. The first-order valence-electron chi connectivity index (χ1n) is 8.87. The van der Waals surface area contributed by atoms with Crippen molar-refractivity contribution in [2.75, 3.05) is 6.54 Å². The number of benzene rings is 1. The number of rotatable bonds is 2. The van der Waals surface area contributed by atoms with E-state index in [2.05, 4.69) is 11.1 Å². The minimum absolute atomic E-state index is 0.0403. The van der Waals surface area contributed by atoms with Gasteiger partial charge in [0.15, 0.2) is 0 Å². The van der Waals surface area contributed by atoms with Crippen LogP contribution in [0.15, 0.2) is 35.4 Å². The number of fused-ring (bicyclic) bond motifs is 1. The molecule has 0 bridgehead atoms. The lowest BCUT2D eigenvalue weighted by molar-refractivity contribution is 0.0744. The topological polar surface area (TPSA) is 33.2 Å². The number of halogens is 1. The lowest BCUT2D eigenvalue weighted by Gasteiger charge is -2.37. The zero-order chi connectivity index (χ0) is 17.4. The molecule has 25 heavy (non-hydrogen) atoms. The lowest BCUT2D eigenvalue weighted by Crippen LogP contribution is -2.39. The van der Waals surface area contributed by atoms with Gasteiger partial charge in [0.1, 0.15) is 10.7 Å². The lowest BCUT2D eigenvalue weighted by atomic mass is 9.85. The summed E-state index contributed by atoms with van der Waals surface area (Å²) in [5.74, 6) is 0.596. The van der Waals surface area contributed by atoms with Gasteiger partial charge in [0.2, 0.25) is 0 Å². The average molecular weight is 373 g/mol. The number of amides is 1. The second-order valence-electron chi connectivity index (χ2n) is 6.86. The summed E-state index contributed by atoms with van der Waals surface area (Å²) >= 11 is 7.73. The number of thiazole rings is 1. The first kappa shape index (κ1) is 16.8. The number of allylic oxidation sites excluding steroid dienone is 2. The highest BCUT2D eigenvalue weighted by Crippen LogP contribution is 2.36. The van der Waals surface area contributed by atoms with E-state index in [1.165, 1.54) is 36.3 Å². The van der Waals surface area contributed by atoms with E-state index in [0.717, 1.165) is 40.5 Å². The highest BCUT2D eigenvalue weighted by atomic mass is 35.5. The number of aromatic nitrogens is 1. The Morgan fingerprint density at radius 3 is 3.00 bits per heavy atom. The Hall–Kier alpha value is -1.65. The van der Waals surface area contributed by atoms with Crippen LogP contribution in [-0.2, 0) is 0 Å². The summed E-state index contributed by atoms with van der Waals surface area (Å²) in [6.45, 7) is 2.79. The second kappa shape index (κ2) is 6.93. The zero-order valence-electron chi connectivity index (χ0n) is 14.3. The molecule has 1 aliphatic carbocycles. The Morgan fingerprint density at radius 1 is 1.32 bits per heavy atom. The number of nitrogens with zero attached hydrogens (tertiary/aromatic N) is 2. The van der Waals surface area contributed by atoms with Gasteiger partial charge in [-0.05, 0) is 56.6 Å². The third-order valence-electron chi connectivity index (χ3n) is 5.16. The Balaban J connectivity index is 1.60. The van der Waals surface area contributed by atoms with E-state index in [0.29, 0.717) is 11.6 Å². The van der Waals surface area contributed by atoms with Gasteiger partial charge in [-0.2, -0.15) is 0 Å². The molecule has 2 heterocycles. The number of carbonyl (C=O) groups excluding carboxylic acids is 1. The van der Waals surface area contributed by atoms with Crippen LogP contribution in [0, 0.1) is 12.8 Å². The Bertz CT molecular complexity index is 842. The van der Waals surface area contributed by atoms with E-state index in [4.69, 9.17) is 11.6 Å². The van der Waals surface area contributed by atoms with Gasteiger partial charge in [0.05, 0.1) is 0 Å². The van der Waals surface area contributed by atoms with Crippen molar-refractivity contribution in [3.8, 4) is 10.6 Å². The molecule has 0 spiro atoms. The van der Waals surface area contributed by atoms with Crippen molar-refractivity contribution in [2.45, 2.75) is 39.0 Å². The van der Waals surface area contributed by atoms with E-state index in [9.17, 15) is 4.79 Å². The Labute approximate surface area is 157 Å². The van der Waals surface area contributed by atoms with Crippen LogP contribution in [0.2, 0.25) is 5.02 Å². The van der Waals surface area contributed by atoms with Gasteiger partial charge in [-0.1, -0.05) is 29.8 Å². The molecule has 0 N–H and O–H groups in total.